The van der Waals surface area contributed by atoms with Gasteiger partial charge in [0.25, 0.3) is 0 Å². The van der Waals surface area contributed by atoms with Crippen LogP contribution in [0.15, 0.2) is 48.5 Å². The van der Waals surface area contributed by atoms with E-state index >= 15 is 0 Å². The van der Waals surface area contributed by atoms with E-state index < -0.39 is 0 Å². The van der Waals surface area contributed by atoms with Gasteiger partial charge in [-0.1, -0.05) is 61.9 Å². The van der Waals surface area contributed by atoms with E-state index in [0.717, 1.165) is 24.2 Å². The molecule has 2 heteroatoms. The molecule has 0 fully saturated rings. The Morgan fingerprint density at radius 2 is 1.76 bits per heavy atom. The summed E-state index contributed by atoms with van der Waals surface area (Å²) in [7, 11) is 0. The van der Waals surface area contributed by atoms with Crippen molar-refractivity contribution in [3.8, 4) is 0 Å². The molecular formula is C19H22OS. The second-order valence-electron chi connectivity index (χ2n) is 5.29. The first-order valence-corrected chi connectivity index (χ1v) is 8.60. The van der Waals surface area contributed by atoms with Crippen molar-refractivity contribution in [3.63, 3.8) is 0 Å². The predicted molar refractivity (Wildman–Crippen MR) is 92.1 cm³/mol. The van der Waals surface area contributed by atoms with Crippen LogP contribution in [-0.4, -0.2) is 11.5 Å². The van der Waals surface area contributed by atoms with Crippen molar-refractivity contribution in [1.82, 2.24) is 0 Å². The fraction of sp³-hybridized carbons (Fsp3) is 0.316. The third-order valence-corrected chi connectivity index (χ3v) is 4.55. The number of carbonyl (C=O) groups is 1. The Bertz CT molecular complexity index is 587. The van der Waals surface area contributed by atoms with Crippen molar-refractivity contribution in [1.29, 1.82) is 0 Å². The number of ketones is 1. The third-order valence-electron chi connectivity index (χ3n) is 3.57. The van der Waals surface area contributed by atoms with Gasteiger partial charge in [-0.25, -0.2) is 0 Å². The highest BCUT2D eigenvalue weighted by atomic mass is 32.2. The summed E-state index contributed by atoms with van der Waals surface area (Å²) in [5.41, 5.74) is 4.74. The van der Waals surface area contributed by atoms with Crippen molar-refractivity contribution in [3.05, 3.63) is 70.8 Å². The van der Waals surface area contributed by atoms with Gasteiger partial charge in [0.05, 0.1) is 5.75 Å². The highest BCUT2D eigenvalue weighted by Gasteiger charge is 2.06. The normalized spacial score (nSPS) is 10.6. The lowest BCUT2D eigenvalue weighted by molar-refractivity contribution is 0.102. The lowest BCUT2D eigenvalue weighted by atomic mass is 10.1. The minimum absolute atomic E-state index is 0.219. The van der Waals surface area contributed by atoms with Gasteiger partial charge in [-0.2, -0.15) is 0 Å². The van der Waals surface area contributed by atoms with E-state index in [1.165, 1.54) is 16.7 Å². The van der Waals surface area contributed by atoms with Gasteiger partial charge >= 0.3 is 0 Å². The van der Waals surface area contributed by atoms with Crippen LogP contribution in [0, 0.1) is 6.92 Å². The maximum Gasteiger partial charge on any atom is 0.172 e. The number of aryl methyl sites for hydroxylation is 2. The Kier molecular flexibility index (Phi) is 6.06. The average Bonchev–Trinajstić information content (AvgIpc) is 2.50. The van der Waals surface area contributed by atoms with Crippen LogP contribution < -0.4 is 0 Å². The molecule has 0 aliphatic heterocycles. The summed E-state index contributed by atoms with van der Waals surface area (Å²) >= 11 is 1.69. The molecule has 2 aromatic rings. The second-order valence-corrected chi connectivity index (χ2v) is 6.27. The van der Waals surface area contributed by atoms with E-state index in [4.69, 9.17) is 0 Å². The number of hydrogen-bond donors (Lipinski definition) is 0. The molecule has 0 saturated carbocycles. The van der Waals surface area contributed by atoms with Gasteiger partial charge in [0.2, 0.25) is 0 Å². The molecule has 0 amide bonds. The Hall–Kier alpha value is -1.54. The number of Topliss-reactive ketones (excluding diaryl/α,β-unsaturated/α-hetero) is 1. The number of hydrogen-bond acceptors (Lipinski definition) is 2. The zero-order valence-corrected chi connectivity index (χ0v) is 13.6. The summed E-state index contributed by atoms with van der Waals surface area (Å²) < 4.78 is 0. The number of thioether (sulfide) groups is 1. The SMILES string of the molecule is CCCc1ccc(C(=O)CSCc2ccccc2C)cc1. The summed E-state index contributed by atoms with van der Waals surface area (Å²) in [6, 6.07) is 16.4. The highest BCUT2D eigenvalue weighted by Crippen LogP contribution is 2.17. The van der Waals surface area contributed by atoms with E-state index in [0.29, 0.717) is 5.75 Å². The Balaban J connectivity index is 1.85. The fourth-order valence-electron chi connectivity index (χ4n) is 2.26. The molecule has 0 N–H and O–H groups in total. The minimum atomic E-state index is 0.219. The van der Waals surface area contributed by atoms with Gasteiger partial charge in [-0.3, -0.25) is 4.79 Å². The molecule has 0 bridgehead atoms. The number of carbonyl (C=O) groups excluding carboxylic acids is 1. The van der Waals surface area contributed by atoms with Crippen LogP contribution >= 0.6 is 11.8 Å². The first-order chi connectivity index (χ1) is 10.2. The van der Waals surface area contributed by atoms with Gasteiger partial charge in [0.1, 0.15) is 0 Å². The fourth-order valence-corrected chi connectivity index (χ4v) is 3.25. The molecule has 1 nitrogen and oxygen atoms in total. The Labute approximate surface area is 131 Å². The summed E-state index contributed by atoms with van der Waals surface area (Å²) in [6.07, 6.45) is 2.22. The molecule has 0 aliphatic rings. The van der Waals surface area contributed by atoms with E-state index in [-0.39, 0.29) is 5.78 Å². The highest BCUT2D eigenvalue weighted by molar-refractivity contribution is 7.99. The van der Waals surface area contributed by atoms with Gasteiger partial charge in [0, 0.05) is 11.3 Å². The molecule has 0 saturated heterocycles. The lowest BCUT2D eigenvalue weighted by Gasteiger charge is -2.06. The predicted octanol–water partition coefficient (Wildman–Crippen LogP) is 5.06. The van der Waals surface area contributed by atoms with E-state index in [1.54, 1.807) is 11.8 Å². The quantitative estimate of drug-likeness (QED) is 0.664. The first-order valence-electron chi connectivity index (χ1n) is 7.45. The number of benzene rings is 2. The lowest BCUT2D eigenvalue weighted by Crippen LogP contribution is -2.03. The standard InChI is InChI=1S/C19H22OS/c1-3-6-16-9-11-17(12-10-16)19(20)14-21-13-18-8-5-4-7-15(18)2/h4-5,7-12H,3,6,13-14H2,1-2H3. The van der Waals surface area contributed by atoms with Crippen LogP contribution in [0.25, 0.3) is 0 Å². The van der Waals surface area contributed by atoms with Crippen LogP contribution in [0.1, 0.15) is 40.4 Å². The monoisotopic (exact) mass is 298 g/mol. The number of rotatable bonds is 7. The molecule has 21 heavy (non-hydrogen) atoms. The maximum absolute atomic E-state index is 12.2. The summed E-state index contributed by atoms with van der Waals surface area (Å²) in [5.74, 6) is 1.66. The van der Waals surface area contributed by atoms with Gasteiger partial charge < -0.3 is 0 Å². The van der Waals surface area contributed by atoms with Crippen LogP contribution in [0.3, 0.4) is 0 Å². The third kappa shape index (κ3) is 4.75. The minimum Gasteiger partial charge on any atom is -0.293 e. The molecule has 0 atom stereocenters. The Morgan fingerprint density at radius 1 is 1.05 bits per heavy atom. The van der Waals surface area contributed by atoms with Crippen LogP contribution in [0.4, 0.5) is 0 Å². The molecule has 0 spiro atoms. The molecule has 0 radical (unpaired) electrons. The van der Waals surface area contributed by atoms with E-state index in [2.05, 4.69) is 44.2 Å². The topological polar surface area (TPSA) is 17.1 Å². The summed E-state index contributed by atoms with van der Waals surface area (Å²) in [5, 5.41) is 0. The zero-order valence-electron chi connectivity index (χ0n) is 12.8. The van der Waals surface area contributed by atoms with Crippen molar-refractivity contribution >= 4 is 17.5 Å². The molecule has 110 valence electrons. The van der Waals surface area contributed by atoms with Crippen LogP contribution in [0.2, 0.25) is 0 Å². The summed E-state index contributed by atoms with van der Waals surface area (Å²) in [4.78, 5) is 12.2. The maximum atomic E-state index is 12.2. The molecular weight excluding hydrogens is 276 g/mol. The largest absolute Gasteiger partial charge is 0.293 e. The van der Waals surface area contributed by atoms with Crippen LogP contribution in [0.5, 0.6) is 0 Å². The smallest absolute Gasteiger partial charge is 0.172 e. The van der Waals surface area contributed by atoms with Gasteiger partial charge in [-0.05, 0) is 30.0 Å². The Morgan fingerprint density at radius 3 is 2.43 bits per heavy atom. The van der Waals surface area contributed by atoms with Gasteiger partial charge in [-0.15, -0.1) is 11.8 Å². The van der Waals surface area contributed by atoms with Crippen molar-refractivity contribution in [2.45, 2.75) is 32.4 Å². The van der Waals surface area contributed by atoms with Crippen molar-refractivity contribution < 1.29 is 4.79 Å². The second kappa shape index (κ2) is 8.04. The average molecular weight is 298 g/mol. The zero-order chi connectivity index (χ0) is 15.1. The molecule has 0 aromatic heterocycles. The summed E-state index contributed by atoms with van der Waals surface area (Å²) in [6.45, 7) is 4.28. The molecule has 0 aliphatic carbocycles. The molecule has 0 heterocycles. The van der Waals surface area contributed by atoms with E-state index in [9.17, 15) is 4.79 Å². The van der Waals surface area contributed by atoms with Crippen molar-refractivity contribution in [2.75, 3.05) is 5.75 Å². The van der Waals surface area contributed by atoms with E-state index in [1.807, 2.05) is 18.2 Å². The van der Waals surface area contributed by atoms with Gasteiger partial charge in [0.15, 0.2) is 5.78 Å². The first kappa shape index (κ1) is 15.8. The molecule has 2 rings (SSSR count). The van der Waals surface area contributed by atoms with Crippen LogP contribution in [-0.2, 0) is 12.2 Å². The molecule has 2 aromatic carbocycles. The van der Waals surface area contributed by atoms with Crippen molar-refractivity contribution in [2.24, 2.45) is 0 Å². The molecule has 0 unspecified atom stereocenters.